The number of ketones is 1. The molecule has 0 fully saturated rings. The molecule has 4 N–H and O–H groups in total. The van der Waals surface area contributed by atoms with Crippen LogP contribution in [-0.4, -0.2) is 82.7 Å². The molecule has 0 heterocycles. The highest BCUT2D eigenvalue weighted by atomic mass is 31.2. The highest BCUT2D eigenvalue weighted by molar-refractivity contribution is 7.47. The molecule has 1 unspecified atom stereocenters. The van der Waals surface area contributed by atoms with Gasteiger partial charge in [-0.25, -0.2) is 4.57 Å². The van der Waals surface area contributed by atoms with E-state index in [0.717, 1.165) is 44.4 Å². The molecule has 0 bridgehead atoms. The Bertz CT molecular complexity index is 1230. The zero-order chi connectivity index (χ0) is 43.6. The van der Waals surface area contributed by atoms with E-state index in [1.165, 1.54) is 70.6 Å². The van der Waals surface area contributed by atoms with Crippen LogP contribution in [0.3, 0.4) is 0 Å². The van der Waals surface area contributed by atoms with E-state index >= 15 is 0 Å². The highest BCUT2D eigenvalue weighted by Crippen LogP contribution is 2.43. The third-order valence-corrected chi connectivity index (χ3v) is 11.4. The zero-order valence-corrected chi connectivity index (χ0v) is 37.6. The summed E-state index contributed by atoms with van der Waals surface area (Å²) >= 11 is 0. The number of esters is 2. The summed E-state index contributed by atoms with van der Waals surface area (Å²) in [6.45, 7) is 4.40. The SMILES string of the molecule is CCCCC[C@H](O)/C=C/[C@H]1C(=O)C=C[C@@H]1C/C=C\CCCC(=O)OC[C@H](COP(=O)(O)OC[C@@H](O)CO)OC(=O)CCCCCCCCCCCCCCCCC(C)C. The molecular weight excluding hydrogens is 775 g/mol. The van der Waals surface area contributed by atoms with E-state index in [2.05, 4.69) is 25.3 Å². The summed E-state index contributed by atoms with van der Waals surface area (Å²) in [4.78, 5) is 47.6. The fourth-order valence-corrected chi connectivity index (χ4v) is 7.61. The molecule has 0 spiro atoms. The van der Waals surface area contributed by atoms with Crippen LogP contribution in [0, 0.1) is 17.8 Å². The number of unbranched alkanes of at least 4 members (excludes halogenated alkanes) is 16. The number of phosphoric acid groups is 1. The van der Waals surface area contributed by atoms with Gasteiger partial charge < -0.3 is 29.7 Å². The molecule has 0 aliphatic heterocycles. The third kappa shape index (κ3) is 31.3. The second-order valence-corrected chi connectivity index (χ2v) is 18.0. The van der Waals surface area contributed by atoms with Crippen molar-refractivity contribution in [1.82, 2.24) is 0 Å². The number of ether oxygens (including phenoxy) is 2. The highest BCUT2D eigenvalue weighted by Gasteiger charge is 2.28. The zero-order valence-electron chi connectivity index (χ0n) is 36.7. The molecule has 0 aromatic carbocycles. The van der Waals surface area contributed by atoms with E-state index in [1.54, 1.807) is 12.2 Å². The van der Waals surface area contributed by atoms with Crippen molar-refractivity contribution in [1.29, 1.82) is 0 Å². The first-order valence-corrected chi connectivity index (χ1v) is 24.4. The summed E-state index contributed by atoms with van der Waals surface area (Å²) in [5, 5.41) is 28.6. The molecule has 0 amide bonds. The van der Waals surface area contributed by atoms with E-state index in [4.69, 9.17) is 19.1 Å². The van der Waals surface area contributed by atoms with E-state index in [1.807, 2.05) is 24.3 Å². The van der Waals surface area contributed by atoms with Gasteiger partial charge in [0.05, 0.1) is 25.9 Å². The Morgan fingerprint density at radius 1 is 0.763 bits per heavy atom. The van der Waals surface area contributed by atoms with Crippen LogP contribution in [0.4, 0.5) is 0 Å². The normalized spacial score (nSPS) is 18.2. The number of hydrogen-bond acceptors (Lipinski definition) is 11. The summed E-state index contributed by atoms with van der Waals surface area (Å²) < 4.78 is 32.7. The predicted molar refractivity (Wildman–Crippen MR) is 232 cm³/mol. The molecule has 1 aliphatic carbocycles. The first-order valence-electron chi connectivity index (χ1n) is 22.9. The van der Waals surface area contributed by atoms with Crippen LogP contribution in [0.5, 0.6) is 0 Å². The number of allylic oxidation sites excluding steroid dienone is 5. The van der Waals surface area contributed by atoms with Gasteiger partial charge >= 0.3 is 19.8 Å². The van der Waals surface area contributed by atoms with Gasteiger partial charge in [-0.2, -0.15) is 0 Å². The molecule has 6 atom stereocenters. The Kier molecular flexibility index (Phi) is 32.9. The monoisotopic (exact) mass is 857 g/mol. The molecular formula is C46H81O12P. The minimum Gasteiger partial charge on any atom is -0.462 e. The second-order valence-electron chi connectivity index (χ2n) is 16.6. The van der Waals surface area contributed by atoms with Crippen molar-refractivity contribution in [2.24, 2.45) is 17.8 Å². The van der Waals surface area contributed by atoms with Crippen molar-refractivity contribution >= 4 is 25.5 Å². The predicted octanol–water partition coefficient (Wildman–Crippen LogP) is 9.81. The van der Waals surface area contributed by atoms with Gasteiger partial charge in [-0.3, -0.25) is 23.4 Å². The van der Waals surface area contributed by atoms with Gasteiger partial charge in [0.1, 0.15) is 12.7 Å². The lowest BCUT2D eigenvalue weighted by atomic mass is 9.90. The fraction of sp³-hybridized carbons (Fsp3) is 0.804. The lowest BCUT2D eigenvalue weighted by Crippen LogP contribution is -2.29. The van der Waals surface area contributed by atoms with Crippen molar-refractivity contribution in [3.05, 3.63) is 36.5 Å². The van der Waals surface area contributed by atoms with Crippen molar-refractivity contribution in [3.8, 4) is 0 Å². The smallest absolute Gasteiger partial charge is 0.462 e. The molecule has 342 valence electrons. The maximum absolute atomic E-state index is 12.7. The standard InChI is InChI=1S/C46H81O12P/c1-4-5-20-27-40(48)31-32-43-39(30-33-44(43)50)26-22-18-19-23-28-45(51)55-36-42(37-57-59(53,54)56-35-41(49)34-47)58-46(52)29-24-17-15-13-11-9-7-6-8-10-12-14-16-21-25-38(2)3/h18,22,30-33,38-43,47-49H,4-17,19-21,23-29,34-37H2,1-3H3,(H,53,54)/b22-18-,32-31+/t39-,40-,41-,42+,43+/m0/s1. The maximum atomic E-state index is 12.7. The van der Waals surface area contributed by atoms with Gasteiger partial charge in [-0.15, -0.1) is 0 Å². The third-order valence-electron chi connectivity index (χ3n) is 10.5. The summed E-state index contributed by atoms with van der Waals surface area (Å²) in [6.07, 6.45) is 31.7. The van der Waals surface area contributed by atoms with E-state index in [0.29, 0.717) is 32.1 Å². The van der Waals surface area contributed by atoms with E-state index in [-0.39, 0.29) is 37.1 Å². The number of phosphoric ester groups is 1. The average molecular weight is 857 g/mol. The van der Waals surface area contributed by atoms with Crippen LogP contribution >= 0.6 is 7.82 Å². The molecule has 0 radical (unpaired) electrons. The Morgan fingerprint density at radius 2 is 1.34 bits per heavy atom. The molecule has 12 nitrogen and oxygen atoms in total. The lowest BCUT2D eigenvalue weighted by molar-refractivity contribution is -0.161. The molecule has 0 aromatic rings. The van der Waals surface area contributed by atoms with Gasteiger partial charge in [0, 0.05) is 18.8 Å². The minimum atomic E-state index is -4.67. The van der Waals surface area contributed by atoms with E-state index in [9.17, 15) is 34.1 Å². The average Bonchev–Trinajstić information content (AvgIpc) is 3.56. The Morgan fingerprint density at radius 3 is 1.95 bits per heavy atom. The van der Waals surface area contributed by atoms with Crippen molar-refractivity contribution in [2.75, 3.05) is 26.4 Å². The number of aliphatic hydroxyl groups excluding tert-OH is 3. The number of carbonyl (C=O) groups is 3. The molecule has 0 saturated heterocycles. The summed E-state index contributed by atoms with van der Waals surface area (Å²) in [5.41, 5.74) is 0. The maximum Gasteiger partial charge on any atom is 0.472 e. The molecule has 59 heavy (non-hydrogen) atoms. The van der Waals surface area contributed by atoms with Gasteiger partial charge in [0.15, 0.2) is 11.9 Å². The molecule has 1 rings (SSSR count). The molecule has 13 heteroatoms. The van der Waals surface area contributed by atoms with Crippen molar-refractivity contribution < 1.29 is 57.7 Å². The molecule has 1 aliphatic rings. The van der Waals surface area contributed by atoms with Crippen LogP contribution in [0.2, 0.25) is 0 Å². The lowest BCUT2D eigenvalue weighted by Gasteiger charge is -2.20. The Labute approximate surface area is 356 Å². The minimum absolute atomic E-state index is 0.0116. The quantitative estimate of drug-likeness (QED) is 0.0199. The first kappa shape index (κ1) is 54.8. The van der Waals surface area contributed by atoms with E-state index < -0.39 is 57.9 Å². The van der Waals surface area contributed by atoms with Crippen LogP contribution in [0.15, 0.2) is 36.5 Å². The van der Waals surface area contributed by atoms with Crippen molar-refractivity contribution in [2.45, 2.75) is 193 Å². The fourth-order valence-electron chi connectivity index (χ4n) is 6.82. The molecule has 0 aromatic heterocycles. The topological polar surface area (TPSA) is 186 Å². The summed E-state index contributed by atoms with van der Waals surface area (Å²) in [6, 6.07) is 0. The van der Waals surface area contributed by atoms with Crippen LogP contribution in [0.1, 0.15) is 175 Å². The van der Waals surface area contributed by atoms with Gasteiger partial charge in [-0.05, 0) is 50.0 Å². The van der Waals surface area contributed by atoms with Crippen molar-refractivity contribution in [3.63, 3.8) is 0 Å². The van der Waals surface area contributed by atoms with Crippen LogP contribution in [0.25, 0.3) is 0 Å². The summed E-state index contributed by atoms with van der Waals surface area (Å²) in [5.74, 6) is -0.514. The molecule has 0 saturated carbocycles. The summed E-state index contributed by atoms with van der Waals surface area (Å²) in [7, 11) is -4.67. The number of carbonyl (C=O) groups excluding carboxylic acids is 3. The van der Waals surface area contributed by atoms with Gasteiger partial charge in [0.2, 0.25) is 0 Å². The first-order chi connectivity index (χ1) is 28.4. The largest absolute Gasteiger partial charge is 0.472 e. The van der Waals surface area contributed by atoms with Gasteiger partial charge in [0.25, 0.3) is 0 Å². The Hall–Kier alpha value is -2.18. The van der Waals surface area contributed by atoms with Crippen LogP contribution in [-0.2, 0) is 37.5 Å². The number of hydrogen-bond donors (Lipinski definition) is 4. The van der Waals surface area contributed by atoms with Crippen LogP contribution < -0.4 is 0 Å². The second kappa shape index (κ2) is 35.4. The number of rotatable bonds is 39. The number of aliphatic hydroxyl groups is 3. The van der Waals surface area contributed by atoms with Gasteiger partial charge in [-0.1, -0.05) is 160 Å². The Balaban J connectivity index is 2.39.